The molecule has 1 aliphatic carbocycles. The number of likely N-dealkylation sites (tertiary alicyclic amines) is 1. The van der Waals surface area contributed by atoms with Gasteiger partial charge in [0.05, 0.1) is 17.4 Å². The first-order chi connectivity index (χ1) is 14.1. The van der Waals surface area contributed by atoms with E-state index in [9.17, 15) is 9.18 Å². The number of benzene rings is 1. The number of aromatic amines is 2. The van der Waals surface area contributed by atoms with Gasteiger partial charge in [0.1, 0.15) is 11.5 Å². The second-order valence-electron chi connectivity index (χ2n) is 7.73. The predicted molar refractivity (Wildman–Crippen MR) is 106 cm³/mol. The molecule has 150 valence electrons. The molecular weight excluding hydrogens is 395 g/mol. The molecule has 0 bridgehead atoms. The van der Waals surface area contributed by atoms with Gasteiger partial charge >= 0.3 is 0 Å². The van der Waals surface area contributed by atoms with E-state index in [1.54, 1.807) is 17.0 Å². The first-order valence-electron chi connectivity index (χ1n) is 9.71. The number of carbonyl (C=O) groups excluding carboxylic acids is 1. The lowest BCUT2D eigenvalue weighted by atomic mass is 9.97. The van der Waals surface area contributed by atoms with Gasteiger partial charge in [-0.05, 0) is 25.0 Å². The van der Waals surface area contributed by atoms with Crippen molar-refractivity contribution >= 4 is 17.5 Å². The van der Waals surface area contributed by atoms with Crippen LogP contribution in [-0.4, -0.2) is 55.9 Å². The molecule has 2 aliphatic rings. The minimum absolute atomic E-state index is 0.185. The third-order valence-electron chi connectivity index (χ3n) is 5.70. The molecule has 2 atom stereocenters. The first kappa shape index (κ1) is 18.3. The SMILES string of the molecule is O=C(c1cc(-c2ccccc2Cl)n[nH]1)N1C[C@@H](CF)[C@H](c2nc(C3CC3)n[nH]2)C1. The molecule has 1 aliphatic heterocycles. The lowest BCUT2D eigenvalue weighted by Gasteiger charge is -2.14. The van der Waals surface area contributed by atoms with Gasteiger partial charge in [0.25, 0.3) is 5.91 Å². The summed E-state index contributed by atoms with van der Waals surface area (Å²) >= 11 is 6.22. The number of hydrogen-bond acceptors (Lipinski definition) is 4. The van der Waals surface area contributed by atoms with Crippen molar-refractivity contribution in [1.82, 2.24) is 30.3 Å². The standard InChI is InChI=1S/C20H20ClFN6O/c21-15-4-2-1-3-13(15)16-7-17(25-24-16)20(29)28-9-12(8-22)14(10-28)19-23-18(26-27-19)11-5-6-11/h1-4,7,11-12,14H,5-6,8-10H2,(H,24,25)(H,23,26,27)/t12-,14-/m1/s1. The molecule has 3 aromatic rings. The Labute approximate surface area is 171 Å². The average Bonchev–Trinajstić information content (AvgIpc) is 3.14. The van der Waals surface area contributed by atoms with Gasteiger partial charge in [-0.3, -0.25) is 19.4 Å². The highest BCUT2D eigenvalue weighted by molar-refractivity contribution is 6.33. The number of rotatable bonds is 5. The zero-order valence-corrected chi connectivity index (χ0v) is 16.4. The second-order valence-corrected chi connectivity index (χ2v) is 8.14. The number of nitrogens with one attached hydrogen (secondary N) is 2. The summed E-state index contributed by atoms with van der Waals surface area (Å²) in [6.07, 6.45) is 2.21. The quantitative estimate of drug-likeness (QED) is 0.668. The monoisotopic (exact) mass is 414 g/mol. The van der Waals surface area contributed by atoms with E-state index < -0.39 is 6.67 Å². The Morgan fingerprint density at radius 1 is 1.21 bits per heavy atom. The summed E-state index contributed by atoms with van der Waals surface area (Å²) in [6.45, 7) is 0.217. The topological polar surface area (TPSA) is 90.6 Å². The Hall–Kier alpha value is -2.74. The smallest absolute Gasteiger partial charge is 0.271 e. The van der Waals surface area contributed by atoms with Crippen LogP contribution in [0.1, 0.15) is 46.8 Å². The molecule has 0 spiro atoms. The lowest BCUT2D eigenvalue weighted by molar-refractivity contribution is 0.0778. The van der Waals surface area contributed by atoms with Crippen molar-refractivity contribution < 1.29 is 9.18 Å². The Morgan fingerprint density at radius 2 is 2.03 bits per heavy atom. The van der Waals surface area contributed by atoms with Crippen molar-refractivity contribution in [3.8, 4) is 11.3 Å². The number of amides is 1. The molecular formula is C20H20ClFN6O. The molecule has 29 heavy (non-hydrogen) atoms. The van der Waals surface area contributed by atoms with Crippen LogP contribution in [0.2, 0.25) is 5.02 Å². The summed E-state index contributed by atoms with van der Waals surface area (Å²) in [6, 6.07) is 9.00. The molecule has 0 radical (unpaired) electrons. The second kappa shape index (κ2) is 7.26. The summed E-state index contributed by atoms with van der Waals surface area (Å²) in [5, 5.41) is 14.8. The number of hydrogen-bond donors (Lipinski definition) is 2. The number of halogens is 2. The molecule has 2 fully saturated rings. The van der Waals surface area contributed by atoms with Crippen LogP contribution < -0.4 is 0 Å². The first-order valence-corrected chi connectivity index (χ1v) is 10.1. The van der Waals surface area contributed by atoms with Gasteiger partial charge in [0, 0.05) is 36.4 Å². The van der Waals surface area contributed by atoms with Crippen molar-refractivity contribution in [2.45, 2.75) is 24.7 Å². The van der Waals surface area contributed by atoms with Gasteiger partial charge in [-0.2, -0.15) is 10.2 Å². The van der Waals surface area contributed by atoms with Crippen molar-refractivity contribution in [3.05, 3.63) is 52.7 Å². The lowest BCUT2D eigenvalue weighted by Crippen LogP contribution is -2.29. The van der Waals surface area contributed by atoms with E-state index >= 15 is 0 Å². The molecule has 2 N–H and O–H groups in total. The van der Waals surface area contributed by atoms with Crippen LogP contribution >= 0.6 is 11.6 Å². The summed E-state index contributed by atoms with van der Waals surface area (Å²) in [5.41, 5.74) is 1.70. The highest BCUT2D eigenvalue weighted by Crippen LogP contribution is 2.39. The van der Waals surface area contributed by atoms with Gasteiger partial charge in [-0.1, -0.05) is 29.8 Å². The average molecular weight is 415 g/mol. The third kappa shape index (κ3) is 3.42. The van der Waals surface area contributed by atoms with Crippen LogP contribution in [0, 0.1) is 5.92 Å². The van der Waals surface area contributed by atoms with E-state index in [2.05, 4.69) is 25.4 Å². The molecule has 0 unspecified atom stereocenters. The molecule has 1 aromatic carbocycles. The van der Waals surface area contributed by atoms with Crippen LogP contribution in [0.15, 0.2) is 30.3 Å². The largest absolute Gasteiger partial charge is 0.336 e. The summed E-state index contributed by atoms with van der Waals surface area (Å²) in [7, 11) is 0. The van der Waals surface area contributed by atoms with Crippen LogP contribution in [0.5, 0.6) is 0 Å². The van der Waals surface area contributed by atoms with Crippen molar-refractivity contribution in [1.29, 1.82) is 0 Å². The maximum absolute atomic E-state index is 13.7. The summed E-state index contributed by atoms with van der Waals surface area (Å²) < 4.78 is 13.7. The third-order valence-corrected chi connectivity index (χ3v) is 6.03. The highest BCUT2D eigenvalue weighted by atomic mass is 35.5. The minimum atomic E-state index is -0.512. The number of H-pyrrole nitrogens is 2. The molecule has 1 saturated carbocycles. The van der Waals surface area contributed by atoms with E-state index in [1.165, 1.54) is 0 Å². The molecule has 1 amide bonds. The van der Waals surface area contributed by atoms with Gasteiger partial charge < -0.3 is 4.90 Å². The number of aromatic nitrogens is 5. The van der Waals surface area contributed by atoms with E-state index in [1.807, 2.05) is 18.2 Å². The molecule has 5 rings (SSSR count). The normalized spacial score (nSPS) is 21.7. The van der Waals surface area contributed by atoms with E-state index in [0.717, 1.165) is 24.2 Å². The van der Waals surface area contributed by atoms with Gasteiger partial charge in [-0.15, -0.1) is 0 Å². The number of nitrogens with zero attached hydrogens (tertiary/aromatic N) is 4. The molecule has 9 heteroatoms. The van der Waals surface area contributed by atoms with E-state index in [-0.39, 0.29) is 17.7 Å². The predicted octanol–water partition coefficient (Wildman–Crippen LogP) is 3.55. The Balaban J connectivity index is 1.34. The molecule has 2 aromatic heterocycles. The Kier molecular flexibility index (Phi) is 4.58. The van der Waals surface area contributed by atoms with Gasteiger partial charge in [-0.25, -0.2) is 4.98 Å². The molecule has 3 heterocycles. The maximum Gasteiger partial charge on any atom is 0.271 e. The molecule has 1 saturated heterocycles. The van der Waals surface area contributed by atoms with Crippen molar-refractivity contribution in [3.63, 3.8) is 0 Å². The number of alkyl halides is 1. The van der Waals surface area contributed by atoms with Crippen LogP contribution in [0.3, 0.4) is 0 Å². The fourth-order valence-corrected chi connectivity index (χ4v) is 4.12. The van der Waals surface area contributed by atoms with Gasteiger partial charge in [0.2, 0.25) is 0 Å². The fraction of sp³-hybridized carbons (Fsp3) is 0.400. The number of carbonyl (C=O) groups is 1. The summed E-state index contributed by atoms with van der Waals surface area (Å²) in [4.78, 5) is 19.2. The highest BCUT2D eigenvalue weighted by Gasteiger charge is 2.39. The fourth-order valence-electron chi connectivity index (χ4n) is 3.89. The van der Waals surface area contributed by atoms with Crippen LogP contribution in [0.25, 0.3) is 11.3 Å². The Morgan fingerprint density at radius 3 is 2.79 bits per heavy atom. The zero-order valence-electron chi connectivity index (χ0n) is 15.6. The van der Waals surface area contributed by atoms with Gasteiger partial charge in [0.15, 0.2) is 5.82 Å². The minimum Gasteiger partial charge on any atom is -0.336 e. The van der Waals surface area contributed by atoms with E-state index in [0.29, 0.717) is 41.2 Å². The summed E-state index contributed by atoms with van der Waals surface area (Å²) in [5.74, 6) is 1.21. The van der Waals surface area contributed by atoms with Crippen LogP contribution in [0.4, 0.5) is 4.39 Å². The Bertz CT molecular complexity index is 1050. The van der Waals surface area contributed by atoms with Crippen molar-refractivity contribution in [2.24, 2.45) is 5.92 Å². The van der Waals surface area contributed by atoms with Crippen LogP contribution in [-0.2, 0) is 0 Å². The zero-order chi connectivity index (χ0) is 20.0. The van der Waals surface area contributed by atoms with E-state index in [4.69, 9.17) is 11.6 Å². The van der Waals surface area contributed by atoms with Crippen molar-refractivity contribution in [2.75, 3.05) is 19.8 Å². The maximum atomic E-state index is 13.7. The molecule has 7 nitrogen and oxygen atoms in total.